The molecule has 2 aliphatic rings. The molecule has 4 nitrogen and oxygen atoms in total. The summed E-state index contributed by atoms with van der Waals surface area (Å²) in [6, 6.07) is 17.5. The normalized spacial score (nSPS) is 25.8. The number of hydrogen-bond donors (Lipinski definition) is 0. The van der Waals surface area contributed by atoms with Crippen LogP contribution in [0.1, 0.15) is 30.7 Å². The molecule has 1 heterocycles. The van der Waals surface area contributed by atoms with Crippen LogP contribution in [0.25, 0.3) is 0 Å². The van der Waals surface area contributed by atoms with Crippen LogP contribution in [0.2, 0.25) is 0 Å². The Hall–Kier alpha value is -2.62. The van der Waals surface area contributed by atoms with Crippen molar-refractivity contribution in [3.8, 4) is 5.75 Å². The topological polar surface area (TPSA) is 46.6 Å². The number of benzene rings is 2. The molecule has 4 heteroatoms. The fourth-order valence-corrected chi connectivity index (χ4v) is 4.26. The number of methoxy groups -OCH3 is 1. The molecule has 0 radical (unpaired) electrons. The summed E-state index contributed by atoms with van der Waals surface area (Å²) >= 11 is 0. The lowest BCUT2D eigenvalue weighted by molar-refractivity contribution is -0.122. The SMILES string of the molecule is COc1ccccc1N1C(=O)[C@@H]2CC[C@@H](c3ccccc3)C[C@H]2C1=O. The van der Waals surface area contributed by atoms with Crippen LogP contribution in [-0.2, 0) is 9.59 Å². The van der Waals surface area contributed by atoms with Crippen molar-refractivity contribution in [2.45, 2.75) is 25.2 Å². The van der Waals surface area contributed by atoms with E-state index in [0.29, 0.717) is 17.4 Å². The third kappa shape index (κ3) is 2.62. The molecule has 2 fully saturated rings. The second kappa shape index (κ2) is 6.36. The minimum atomic E-state index is -0.226. The van der Waals surface area contributed by atoms with Crippen molar-refractivity contribution in [3.05, 3.63) is 60.2 Å². The number of rotatable bonds is 3. The van der Waals surface area contributed by atoms with Gasteiger partial charge in [0, 0.05) is 0 Å². The van der Waals surface area contributed by atoms with Gasteiger partial charge >= 0.3 is 0 Å². The van der Waals surface area contributed by atoms with Crippen molar-refractivity contribution in [2.75, 3.05) is 12.0 Å². The van der Waals surface area contributed by atoms with Crippen molar-refractivity contribution in [3.63, 3.8) is 0 Å². The molecule has 0 aromatic heterocycles. The molecule has 0 bridgehead atoms. The lowest BCUT2D eigenvalue weighted by Crippen LogP contribution is -2.31. The Morgan fingerprint density at radius 3 is 2.32 bits per heavy atom. The largest absolute Gasteiger partial charge is 0.495 e. The molecule has 2 amide bonds. The Kier molecular flexibility index (Phi) is 4.04. The van der Waals surface area contributed by atoms with E-state index in [2.05, 4.69) is 12.1 Å². The van der Waals surface area contributed by atoms with E-state index >= 15 is 0 Å². The Labute approximate surface area is 147 Å². The lowest BCUT2D eigenvalue weighted by atomic mass is 9.73. The molecule has 3 atom stereocenters. The van der Waals surface area contributed by atoms with Crippen LogP contribution in [0.3, 0.4) is 0 Å². The summed E-state index contributed by atoms with van der Waals surface area (Å²) in [7, 11) is 1.56. The van der Waals surface area contributed by atoms with Gasteiger partial charge in [0.05, 0.1) is 24.6 Å². The van der Waals surface area contributed by atoms with Gasteiger partial charge in [-0.25, -0.2) is 4.90 Å². The summed E-state index contributed by atoms with van der Waals surface area (Å²) in [4.78, 5) is 27.3. The van der Waals surface area contributed by atoms with Crippen LogP contribution in [0.4, 0.5) is 5.69 Å². The highest BCUT2D eigenvalue weighted by molar-refractivity contribution is 6.22. The monoisotopic (exact) mass is 335 g/mol. The fraction of sp³-hybridized carbons (Fsp3) is 0.333. The molecule has 128 valence electrons. The molecule has 2 aromatic rings. The van der Waals surface area contributed by atoms with E-state index in [0.717, 1.165) is 19.3 Å². The molecule has 4 rings (SSSR count). The number of hydrogen-bond acceptors (Lipinski definition) is 3. The van der Waals surface area contributed by atoms with Gasteiger partial charge in [-0.2, -0.15) is 0 Å². The van der Waals surface area contributed by atoms with Crippen molar-refractivity contribution in [1.29, 1.82) is 0 Å². The molecule has 1 aliphatic heterocycles. The second-order valence-electron chi connectivity index (χ2n) is 6.82. The number of fused-ring (bicyclic) bond motifs is 1. The standard InChI is InChI=1S/C21H21NO3/c1-25-19-10-6-5-9-18(19)22-20(23)16-12-11-15(13-17(16)21(22)24)14-7-3-2-4-8-14/h2-10,15-17H,11-13H2,1H3/t15-,16-,17-/m1/s1. The van der Waals surface area contributed by atoms with Crippen molar-refractivity contribution < 1.29 is 14.3 Å². The smallest absolute Gasteiger partial charge is 0.237 e. The van der Waals surface area contributed by atoms with E-state index in [-0.39, 0.29) is 23.7 Å². The fourth-order valence-electron chi connectivity index (χ4n) is 4.26. The van der Waals surface area contributed by atoms with Gasteiger partial charge in [0.15, 0.2) is 0 Å². The summed E-state index contributed by atoms with van der Waals surface area (Å²) in [6.07, 6.45) is 2.45. The number of carbonyl (C=O) groups is 2. The maximum Gasteiger partial charge on any atom is 0.237 e. The van der Waals surface area contributed by atoms with Gasteiger partial charge < -0.3 is 4.74 Å². The molecule has 1 aliphatic carbocycles. The van der Waals surface area contributed by atoms with E-state index in [1.807, 2.05) is 30.3 Å². The van der Waals surface area contributed by atoms with Crippen molar-refractivity contribution >= 4 is 17.5 Å². The molecule has 25 heavy (non-hydrogen) atoms. The molecular weight excluding hydrogens is 314 g/mol. The zero-order chi connectivity index (χ0) is 17.4. The lowest BCUT2D eigenvalue weighted by Gasteiger charge is -2.28. The van der Waals surface area contributed by atoms with Gasteiger partial charge in [-0.15, -0.1) is 0 Å². The number of amides is 2. The highest BCUT2D eigenvalue weighted by Crippen LogP contribution is 2.46. The maximum absolute atomic E-state index is 13.0. The van der Waals surface area contributed by atoms with Crippen LogP contribution in [0.5, 0.6) is 5.75 Å². The summed E-state index contributed by atoms with van der Waals surface area (Å²) in [6.45, 7) is 0. The van der Waals surface area contributed by atoms with Gasteiger partial charge in [-0.05, 0) is 42.9 Å². The van der Waals surface area contributed by atoms with E-state index in [9.17, 15) is 9.59 Å². The van der Waals surface area contributed by atoms with E-state index in [1.54, 1.807) is 19.2 Å². The Morgan fingerprint density at radius 2 is 1.56 bits per heavy atom. The van der Waals surface area contributed by atoms with Gasteiger partial charge in [0.25, 0.3) is 0 Å². The van der Waals surface area contributed by atoms with Crippen LogP contribution in [0, 0.1) is 11.8 Å². The zero-order valence-corrected chi connectivity index (χ0v) is 14.2. The average Bonchev–Trinajstić information content (AvgIpc) is 2.92. The number of imide groups is 1. The van der Waals surface area contributed by atoms with Crippen molar-refractivity contribution in [1.82, 2.24) is 0 Å². The zero-order valence-electron chi connectivity index (χ0n) is 14.2. The van der Waals surface area contributed by atoms with Gasteiger partial charge in [-0.3, -0.25) is 9.59 Å². The highest BCUT2D eigenvalue weighted by atomic mass is 16.5. The van der Waals surface area contributed by atoms with Crippen molar-refractivity contribution in [2.24, 2.45) is 11.8 Å². The van der Waals surface area contributed by atoms with Crippen LogP contribution < -0.4 is 9.64 Å². The number of anilines is 1. The molecule has 2 aromatic carbocycles. The summed E-state index contributed by atoms with van der Waals surface area (Å²) in [5.74, 6) is 0.319. The van der Waals surface area contributed by atoms with Gasteiger partial charge in [-0.1, -0.05) is 42.5 Å². The first-order chi connectivity index (χ1) is 12.2. The molecule has 0 unspecified atom stereocenters. The minimum Gasteiger partial charge on any atom is -0.495 e. The molecule has 1 saturated carbocycles. The number of nitrogens with zero attached hydrogens (tertiary/aromatic N) is 1. The summed E-state index contributed by atoms with van der Waals surface area (Å²) < 4.78 is 5.35. The van der Waals surface area contributed by atoms with Gasteiger partial charge in [0.2, 0.25) is 11.8 Å². The minimum absolute atomic E-state index is 0.0778. The first-order valence-electron chi connectivity index (χ1n) is 8.76. The summed E-state index contributed by atoms with van der Waals surface area (Å²) in [5, 5.41) is 0. The van der Waals surface area contributed by atoms with Crippen LogP contribution in [0.15, 0.2) is 54.6 Å². The molecule has 1 saturated heterocycles. The first kappa shape index (κ1) is 15.9. The maximum atomic E-state index is 13.0. The Morgan fingerprint density at radius 1 is 0.880 bits per heavy atom. The number of para-hydroxylation sites is 2. The van der Waals surface area contributed by atoms with Gasteiger partial charge in [0.1, 0.15) is 5.75 Å². The first-order valence-corrected chi connectivity index (χ1v) is 8.76. The third-order valence-electron chi connectivity index (χ3n) is 5.52. The van der Waals surface area contributed by atoms with E-state index in [1.165, 1.54) is 10.5 Å². The number of ether oxygens (including phenoxy) is 1. The molecule has 0 spiro atoms. The highest BCUT2D eigenvalue weighted by Gasteiger charge is 2.51. The van der Waals surface area contributed by atoms with E-state index < -0.39 is 0 Å². The summed E-state index contributed by atoms with van der Waals surface area (Å²) in [5.41, 5.74) is 1.82. The Balaban J connectivity index is 1.63. The van der Waals surface area contributed by atoms with Crippen LogP contribution >= 0.6 is 0 Å². The average molecular weight is 335 g/mol. The molecular formula is C21H21NO3. The second-order valence-corrected chi connectivity index (χ2v) is 6.82. The molecule has 0 N–H and O–H groups in total. The predicted octanol–water partition coefficient (Wildman–Crippen LogP) is 3.77. The quantitative estimate of drug-likeness (QED) is 0.802. The third-order valence-corrected chi connectivity index (χ3v) is 5.52. The number of carbonyl (C=O) groups excluding carboxylic acids is 2. The predicted molar refractivity (Wildman–Crippen MR) is 95.5 cm³/mol. The van der Waals surface area contributed by atoms with Crippen LogP contribution in [-0.4, -0.2) is 18.9 Å². The Bertz CT molecular complexity index is 802. The van der Waals surface area contributed by atoms with E-state index in [4.69, 9.17) is 4.74 Å².